The van der Waals surface area contributed by atoms with Crippen LogP contribution in [0.25, 0.3) is 39.6 Å². The van der Waals surface area contributed by atoms with E-state index in [-0.39, 0.29) is 5.82 Å². The molecule has 1 aliphatic rings. The standard InChI is InChI=1S/C24H17FN4O2/c25-18-8-6-16(7-9-18)23-26-22(20(31-23)15-4-2-1-3-5-15)29-14-17-12-13-28(19-10-11-19)21(17)27-24(29)30/h1-9,12-14,19H,10-11H2. The first-order valence-corrected chi connectivity index (χ1v) is 10.1. The maximum absolute atomic E-state index is 13.4. The average molecular weight is 412 g/mol. The van der Waals surface area contributed by atoms with Crippen LogP contribution in [0.2, 0.25) is 0 Å². The zero-order chi connectivity index (χ0) is 20.9. The predicted octanol–water partition coefficient (Wildman–Crippen LogP) is 4.98. The molecule has 0 radical (unpaired) electrons. The molecule has 0 unspecified atom stereocenters. The van der Waals surface area contributed by atoms with Crippen LogP contribution in [-0.2, 0) is 0 Å². The number of hydrogen-bond donors (Lipinski definition) is 0. The van der Waals surface area contributed by atoms with Gasteiger partial charge in [-0.05, 0) is 43.2 Å². The molecule has 5 aromatic rings. The van der Waals surface area contributed by atoms with E-state index < -0.39 is 5.69 Å². The summed E-state index contributed by atoms with van der Waals surface area (Å²) in [7, 11) is 0. The molecule has 0 spiro atoms. The minimum atomic E-state index is -0.427. The van der Waals surface area contributed by atoms with Gasteiger partial charge in [-0.25, -0.2) is 13.8 Å². The first-order chi connectivity index (χ1) is 15.2. The molecule has 7 heteroatoms. The van der Waals surface area contributed by atoms with Crippen molar-refractivity contribution in [1.82, 2.24) is 19.1 Å². The van der Waals surface area contributed by atoms with Gasteiger partial charge < -0.3 is 8.98 Å². The van der Waals surface area contributed by atoms with Crippen molar-refractivity contribution < 1.29 is 8.81 Å². The van der Waals surface area contributed by atoms with Crippen LogP contribution in [0.5, 0.6) is 0 Å². The van der Waals surface area contributed by atoms with Crippen LogP contribution in [-0.4, -0.2) is 19.1 Å². The highest BCUT2D eigenvalue weighted by atomic mass is 19.1. The van der Waals surface area contributed by atoms with E-state index in [2.05, 4.69) is 14.5 Å². The Labute approximate surface area is 176 Å². The molecular formula is C24H17FN4O2. The van der Waals surface area contributed by atoms with Crippen LogP contribution in [0.3, 0.4) is 0 Å². The number of hydrogen-bond acceptors (Lipinski definition) is 4. The van der Waals surface area contributed by atoms with Gasteiger partial charge in [-0.3, -0.25) is 0 Å². The SMILES string of the molecule is O=c1nc2c(ccn2C2CC2)cn1-c1nc(-c2ccc(F)cc2)oc1-c1ccccc1. The molecule has 0 aliphatic heterocycles. The maximum Gasteiger partial charge on any atom is 0.355 e. The molecule has 0 N–H and O–H groups in total. The lowest BCUT2D eigenvalue weighted by atomic mass is 10.2. The Balaban J connectivity index is 1.56. The van der Waals surface area contributed by atoms with E-state index in [9.17, 15) is 9.18 Å². The fraction of sp³-hybridized carbons (Fsp3) is 0.125. The van der Waals surface area contributed by atoms with Crippen LogP contribution < -0.4 is 5.69 Å². The third kappa shape index (κ3) is 3.06. The Bertz CT molecular complexity index is 1460. The monoisotopic (exact) mass is 412 g/mol. The predicted molar refractivity (Wildman–Crippen MR) is 114 cm³/mol. The fourth-order valence-electron chi connectivity index (χ4n) is 3.78. The molecule has 1 fully saturated rings. The van der Waals surface area contributed by atoms with Crippen molar-refractivity contribution in [2.45, 2.75) is 18.9 Å². The number of aromatic nitrogens is 4. The molecular weight excluding hydrogens is 395 g/mol. The smallest absolute Gasteiger partial charge is 0.355 e. The van der Waals surface area contributed by atoms with Gasteiger partial charge >= 0.3 is 5.69 Å². The van der Waals surface area contributed by atoms with Crippen molar-refractivity contribution in [3.63, 3.8) is 0 Å². The van der Waals surface area contributed by atoms with Crippen LogP contribution in [0.1, 0.15) is 18.9 Å². The quantitative estimate of drug-likeness (QED) is 0.417. The molecule has 1 saturated carbocycles. The van der Waals surface area contributed by atoms with Crippen LogP contribution in [0.15, 0.2) is 82.3 Å². The zero-order valence-electron chi connectivity index (χ0n) is 16.4. The van der Waals surface area contributed by atoms with Gasteiger partial charge in [0.15, 0.2) is 11.6 Å². The van der Waals surface area contributed by atoms with Crippen molar-refractivity contribution in [2.75, 3.05) is 0 Å². The second-order valence-electron chi connectivity index (χ2n) is 7.67. The van der Waals surface area contributed by atoms with Gasteiger partial charge in [0.25, 0.3) is 0 Å². The van der Waals surface area contributed by atoms with Crippen molar-refractivity contribution in [1.29, 1.82) is 0 Å². The van der Waals surface area contributed by atoms with E-state index in [0.29, 0.717) is 34.7 Å². The first-order valence-electron chi connectivity index (χ1n) is 10.1. The summed E-state index contributed by atoms with van der Waals surface area (Å²) in [6.07, 6.45) is 5.94. The van der Waals surface area contributed by atoms with E-state index in [4.69, 9.17) is 4.42 Å². The van der Waals surface area contributed by atoms with Gasteiger partial charge in [-0.1, -0.05) is 30.3 Å². The second-order valence-corrected chi connectivity index (χ2v) is 7.67. The molecule has 31 heavy (non-hydrogen) atoms. The van der Waals surface area contributed by atoms with Crippen LogP contribution >= 0.6 is 0 Å². The normalized spacial score (nSPS) is 13.7. The Morgan fingerprint density at radius 3 is 2.45 bits per heavy atom. The van der Waals surface area contributed by atoms with E-state index in [0.717, 1.165) is 23.8 Å². The Morgan fingerprint density at radius 2 is 1.71 bits per heavy atom. The van der Waals surface area contributed by atoms with Gasteiger partial charge in [0.05, 0.1) is 0 Å². The third-order valence-corrected chi connectivity index (χ3v) is 5.50. The van der Waals surface area contributed by atoms with Crippen molar-refractivity contribution in [3.05, 3.63) is 89.4 Å². The summed E-state index contributed by atoms with van der Waals surface area (Å²) in [5, 5.41) is 0.858. The molecule has 6 rings (SSSR count). The van der Waals surface area contributed by atoms with Gasteiger partial charge in [0, 0.05) is 34.9 Å². The molecule has 0 saturated heterocycles. The van der Waals surface area contributed by atoms with Crippen molar-refractivity contribution in [2.24, 2.45) is 0 Å². The number of halogens is 1. The van der Waals surface area contributed by atoms with E-state index in [1.807, 2.05) is 42.6 Å². The molecule has 3 aromatic heterocycles. The zero-order valence-corrected chi connectivity index (χ0v) is 16.4. The first kappa shape index (κ1) is 17.8. The Kier molecular flexibility index (Phi) is 3.89. The molecule has 1 aliphatic carbocycles. The summed E-state index contributed by atoms with van der Waals surface area (Å²) in [6.45, 7) is 0. The highest BCUT2D eigenvalue weighted by Crippen LogP contribution is 2.37. The summed E-state index contributed by atoms with van der Waals surface area (Å²) in [5.41, 5.74) is 1.66. The summed E-state index contributed by atoms with van der Waals surface area (Å²) in [6, 6.07) is 17.7. The second kappa shape index (κ2) is 6.77. The molecule has 0 amide bonds. The largest absolute Gasteiger partial charge is 0.434 e. The summed E-state index contributed by atoms with van der Waals surface area (Å²) >= 11 is 0. The topological polar surface area (TPSA) is 65.8 Å². The van der Waals surface area contributed by atoms with E-state index in [1.165, 1.54) is 16.7 Å². The van der Waals surface area contributed by atoms with Crippen molar-refractivity contribution in [3.8, 4) is 28.6 Å². The van der Waals surface area contributed by atoms with Crippen LogP contribution in [0.4, 0.5) is 4.39 Å². The van der Waals surface area contributed by atoms with E-state index >= 15 is 0 Å². The average Bonchev–Trinajstić information content (AvgIpc) is 3.40. The van der Waals surface area contributed by atoms with Gasteiger partial charge in [0.2, 0.25) is 5.89 Å². The lowest BCUT2D eigenvalue weighted by molar-refractivity contribution is 0.587. The lowest BCUT2D eigenvalue weighted by Crippen LogP contribution is -2.22. The highest BCUT2D eigenvalue weighted by molar-refractivity contribution is 5.76. The molecule has 0 bridgehead atoms. The van der Waals surface area contributed by atoms with Gasteiger partial charge in [0.1, 0.15) is 11.5 Å². The Morgan fingerprint density at radius 1 is 0.935 bits per heavy atom. The fourth-order valence-corrected chi connectivity index (χ4v) is 3.78. The van der Waals surface area contributed by atoms with Gasteiger partial charge in [-0.15, -0.1) is 0 Å². The lowest BCUT2D eigenvalue weighted by Gasteiger charge is -2.05. The number of oxazole rings is 1. The summed E-state index contributed by atoms with van der Waals surface area (Å²) in [5.74, 6) is 0.759. The minimum Gasteiger partial charge on any atom is -0.434 e. The highest BCUT2D eigenvalue weighted by Gasteiger charge is 2.26. The summed E-state index contributed by atoms with van der Waals surface area (Å²) < 4.78 is 22.9. The number of rotatable bonds is 4. The number of nitrogens with zero attached hydrogens (tertiary/aromatic N) is 4. The molecule has 3 heterocycles. The summed E-state index contributed by atoms with van der Waals surface area (Å²) in [4.78, 5) is 22.0. The molecule has 152 valence electrons. The Hall–Kier alpha value is -4.00. The number of fused-ring (bicyclic) bond motifs is 1. The number of benzene rings is 2. The third-order valence-electron chi connectivity index (χ3n) is 5.50. The molecule has 6 nitrogen and oxygen atoms in total. The van der Waals surface area contributed by atoms with Gasteiger partial charge in [-0.2, -0.15) is 9.97 Å². The van der Waals surface area contributed by atoms with E-state index in [1.54, 1.807) is 18.3 Å². The minimum absolute atomic E-state index is 0.302. The maximum atomic E-state index is 13.4. The molecule has 2 aromatic carbocycles. The van der Waals surface area contributed by atoms with Crippen LogP contribution in [0, 0.1) is 5.82 Å². The van der Waals surface area contributed by atoms with Crippen molar-refractivity contribution >= 4 is 11.0 Å². The molecule has 0 atom stereocenters.